The lowest BCUT2D eigenvalue weighted by Crippen LogP contribution is -2.53. The van der Waals surface area contributed by atoms with Gasteiger partial charge in [-0.05, 0) is 31.5 Å². The van der Waals surface area contributed by atoms with E-state index in [1.54, 1.807) is 24.3 Å². The van der Waals surface area contributed by atoms with E-state index >= 15 is 0 Å². The number of carbonyl (C=O) groups excluding carboxylic acids is 3. The maximum atomic E-state index is 12.5. The van der Waals surface area contributed by atoms with Crippen molar-refractivity contribution in [3.8, 4) is 0 Å². The second-order valence-corrected chi connectivity index (χ2v) is 8.17. The monoisotopic (exact) mass is 386 g/mol. The first-order valence-electron chi connectivity index (χ1n) is 10.0. The Balaban J connectivity index is 1.56. The van der Waals surface area contributed by atoms with E-state index in [4.69, 9.17) is 0 Å². The molecule has 3 amide bonds. The Hall–Kier alpha value is -2.25. The van der Waals surface area contributed by atoms with Gasteiger partial charge in [0.25, 0.3) is 11.8 Å². The number of fused-ring (bicyclic) bond motifs is 1. The largest absolute Gasteiger partial charge is 0.353 e. The molecule has 0 radical (unpaired) electrons. The number of piperazine rings is 1. The van der Waals surface area contributed by atoms with Crippen molar-refractivity contribution < 1.29 is 14.4 Å². The quantitative estimate of drug-likeness (QED) is 0.710. The zero-order valence-electron chi connectivity index (χ0n) is 17.0. The van der Waals surface area contributed by atoms with Crippen molar-refractivity contribution in [1.29, 1.82) is 0 Å². The van der Waals surface area contributed by atoms with Crippen molar-refractivity contribution in [2.75, 3.05) is 46.3 Å². The van der Waals surface area contributed by atoms with Crippen molar-refractivity contribution in [2.24, 2.45) is 5.92 Å². The Morgan fingerprint density at radius 1 is 1.04 bits per heavy atom. The number of nitrogens with zero attached hydrogens (tertiary/aromatic N) is 3. The van der Waals surface area contributed by atoms with Crippen molar-refractivity contribution in [3.05, 3.63) is 35.4 Å². The van der Waals surface area contributed by atoms with Crippen LogP contribution in [-0.2, 0) is 4.79 Å². The van der Waals surface area contributed by atoms with Crippen molar-refractivity contribution >= 4 is 17.7 Å². The number of benzene rings is 1. The third-order valence-electron chi connectivity index (χ3n) is 5.51. The fourth-order valence-electron chi connectivity index (χ4n) is 3.91. The Morgan fingerprint density at radius 2 is 1.61 bits per heavy atom. The SMILES string of the molecule is CC(C)CC(CNC(=O)CN1C(=O)c2ccccc2C1=O)N1CCN(C)CC1. The summed E-state index contributed by atoms with van der Waals surface area (Å²) in [6, 6.07) is 6.96. The topological polar surface area (TPSA) is 73.0 Å². The van der Waals surface area contributed by atoms with Gasteiger partial charge in [0.05, 0.1) is 11.1 Å². The molecule has 1 atom stereocenters. The summed E-state index contributed by atoms with van der Waals surface area (Å²) in [4.78, 5) is 43.1. The standard InChI is InChI=1S/C21H30N4O3/c1-15(2)12-16(24-10-8-23(3)9-11-24)13-22-19(26)14-25-20(27)17-6-4-5-7-18(17)21(25)28/h4-7,15-16H,8-14H2,1-3H3,(H,22,26). The molecule has 28 heavy (non-hydrogen) atoms. The van der Waals surface area contributed by atoms with Gasteiger partial charge in [-0.2, -0.15) is 0 Å². The summed E-state index contributed by atoms with van der Waals surface area (Å²) in [5.74, 6) is -0.558. The van der Waals surface area contributed by atoms with E-state index in [0.717, 1.165) is 37.5 Å². The number of carbonyl (C=O) groups is 3. The van der Waals surface area contributed by atoms with Crippen LogP contribution < -0.4 is 5.32 Å². The lowest BCUT2D eigenvalue weighted by atomic mass is 10.0. The molecule has 3 rings (SSSR count). The van der Waals surface area contributed by atoms with Gasteiger partial charge in [0.15, 0.2) is 0 Å². The highest BCUT2D eigenvalue weighted by Gasteiger charge is 2.36. The van der Waals surface area contributed by atoms with E-state index < -0.39 is 11.8 Å². The summed E-state index contributed by atoms with van der Waals surface area (Å²) in [5.41, 5.74) is 0.742. The molecule has 152 valence electrons. The molecule has 7 heteroatoms. The van der Waals surface area contributed by atoms with Gasteiger partial charge in [0, 0.05) is 38.8 Å². The van der Waals surface area contributed by atoms with Crippen LogP contribution in [0.2, 0.25) is 0 Å². The predicted molar refractivity (Wildman–Crippen MR) is 107 cm³/mol. The molecule has 1 N–H and O–H groups in total. The fourth-order valence-corrected chi connectivity index (χ4v) is 3.91. The first-order chi connectivity index (χ1) is 13.4. The Kier molecular flexibility index (Phi) is 6.46. The van der Waals surface area contributed by atoms with Gasteiger partial charge in [-0.1, -0.05) is 26.0 Å². The van der Waals surface area contributed by atoms with E-state index in [1.165, 1.54) is 0 Å². The van der Waals surface area contributed by atoms with Gasteiger partial charge in [0.1, 0.15) is 6.54 Å². The van der Waals surface area contributed by atoms with Crippen LogP contribution in [0.3, 0.4) is 0 Å². The lowest BCUT2D eigenvalue weighted by molar-refractivity contribution is -0.121. The molecule has 1 fully saturated rings. The van der Waals surface area contributed by atoms with Gasteiger partial charge in [-0.25, -0.2) is 0 Å². The van der Waals surface area contributed by atoms with Crippen LogP contribution in [0.25, 0.3) is 0 Å². The number of imide groups is 1. The summed E-state index contributed by atoms with van der Waals surface area (Å²) >= 11 is 0. The highest BCUT2D eigenvalue weighted by Crippen LogP contribution is 2.22. The van der Waals surface area contributed by atoms with Crippen LogP contribution >= 0.6 is 0 Å². The van der Waals surface area contributed by atoms with E-state index in [1.807, 2.05) is 0 Å². The summed E-state index contributed by atoms with van der Waals surface area (Å²) < 4.78 is 0. The van der Waals surface area contributed by atoms with Gasteiger partial charge in [0.2, 0.25) is 5.91 Å². The van der Waals surface area contributed by atoms with Gasteiger partial charge in [-0.15, -0.1) is 0 Å². The third-order valence-corrected chi connectivity index (χ3v) is 5.51. The number of amides is 3. The van der Waals surface area contributed by atoms with E-state index in [9.17, 15) is 14.4 Å². The molecule has 0 aromatic heterocycles. The van der Waals surface area contributed by atoms with Gasteiger partial charge < -0.3 is 10.2 Å². The van der Waals surface area contributed by atoms with E-state index in [0.29, 0.717) is 23.6 Å². The van der Waals surface area contributed by atoms with Crippen molar-refractivity contribution in [1.82, 2.24) is 20.0 Å². The molecule has 1 aromatic carbocycles. The average Bonchev–Trinajstić information content (AvgIpc) is 2.91. The molecule has 7 nitrogen and oxygen atoms in total. The van der Waals surface area contributed by atoms with Crippen LogP contribution in [0.4, 0.5) is 0 Å². The fraction of sp³-hybridized carbons (Fsp3) is 0.571. The van der Waals surface area contributed by atoms with Gasteiger partial charge in [-0.3, -0.25) is 24.2 Å². The molecule has 2 aliphatic heterocycles. The molecule has 0 bridgehead atoms. The number of hydrogen-bond acceptors (Lipinski definition) is 5. The molecule has 1 saturated heterocycles. The Bertz CT molecular complexity index is 706. The minimum atomic E-state index is -0.395. The summed E-state index contributed by atoms with van der Waals surface area (Å²) in [6.45, 7) is 8.69. The van der Waals surface area contributed by atoms with Crippen molar-refractivity contribution in [3.63, 3.8) is 0 Å². The predicted octanol–water partition coefficient (Wildman–Crippen LogP) is 1.06. The van der Waals surface area contributed by atoms with Crippen LogP contribution in [0.1, 0.15) is 41.0 Å². The first-order valence-corrected chi connectivity index (χ1v) is 10.0. The molecule has 2 heterocycles. The highest BCUT2D eigenvalue weighted by atomic mass is 16.2. The maximum Gasteiger partial charge on any atom is 0.262 e. The number of likely N-dealkylation sites (N-methyl/N-ethyl adjacent to an activating group) is 1. The molecule has 0 saturated carbocycles. The Morgan fingerprint density at radius 3 is 2.14 bits per heavy atom. The second kappa shape index (κ2) is 8.84. The lowest BCUT2D eigenvalue weighted by Gasteiger charge is -2.38. The van der Waals surface area contributed by atoms with Crippen LogP contribution in [0.5, 0.6) is 0 Å². The summed E-state index contributed by atoms with van der Waals surface area (Å²) in [5, 5.41) is 2.95. The third kappa shape index (κ3) is 4.59. The smallest absolute Gasteiger partial charge is 0.262 e. The van der Waals surface area contributed by atoms with Crippen LogP contribution in [0, 0.1) is 5.92 Å². The molecule has 2 aliphatic rings. The normalized spacial score (nSPS) is 19.2. The number of nitrogens with one attached hydrogen (secondary N) is 1. The molecule has 1 aromatic rings. The molecule has 0 aliphatic carbocycles. The molecular weight excluding hydrogens is 356 g/mol. The Labute approximate surface area is 166 Å². The van der Waals surface area contributed by atoms with Crippen molar-refractivity contribution in [2.45, 2.75) is 26.3 Å². The average molecular weight is 386 g/mol. The first kappa shape index (κ1) is 20.5. The summed E-state index contributed by atoms with van der Waals surface area (Å²) in [7, 11) is 2.12. The molecular formula is C21H30N4O3. The molecule has 0 spiro atoms. The second-order valence-electron chi connectivity index (χ2n) is 8.17. The summed E-state index contributed by atoms with van der Waals surface area (Å²) in [6.07, 6.45) is 0.997. The zero-order chi connectivity index (χ0) is 20.3. The zero-order valence-corrected chi connectivity index (χ0v) is 17.0. The van der Waals surface area contributed by atoms with Crippen LogP contribution in [0.15, 0.2) is 24.3 Å². The number of rotatable bonds is 7. The van der Waals surface area contributed by atoms with E-state index in [-0.39, 0.29) is 18.5 Å². The number of hydrogen-bond donors (Lipinski definition) is 1. The highest BCUT2D eigenvalue weighted by molar-refractivity contribution is 6.22. The van der Waals surface area contributed by atoms with Gasteiger partial charge >= 0.3 is 0 Å². The maximum absolute atomic E-state index is 12.5. The minimum Gasteiger partial charge on any atom is -0.353 e. The minimum absolute atomic E-state index is 0.233. The molecule has 1 unspecified atom stereocenters. The van der Waals surface area contributed by atoms with E-state index in [2.05, 4.69) is 36.0 Å². The van der Waals surface area contributed by atoms with Crippen LogP contribution in [-0.4, -0.2) is 84.8 Å².